The number of nitriles is 1. The zero-order chi connectivity index (χ0) is 19.7. The Bertz CT molecular complexity index is 1020. The van der Waals surface area contributed by atoms with Crippen LogP contribution in [0.5, 0.6) is 5.75 Å². The van der Waals surface area contributed by atoms with Gasteiger partial charge in [-0.25, -0.2) is 4.39 Å². The van der Waals surface area contributed by atoms with Gasteiger partial charge < -0.3 is 19.9 Å². The number of halogens is 1. The maximum atomic E-state index is 14.5. The Hall–Kier alpha value is -3.11. The third-order valence-electron chi connectivity index (χ3n) is 4.68. The molecule has 0 unspecified atom stereocenters. The van der Waals surface area contributed by atoms with Crippen LogP contribution in [-0.2, 0) is 6.54 Å². The molecule has 140 valence electrons. The summed E-state index contributed by atoms with van der Waals surface area (Å²) in [5, 5.41) is 9.59. The second kappa shape index (κ2) is 7.25. The highest BCUT2D eigenvalue weighted by molar-refractivity contribution is 5.55. The number of benzene rings is 1. The highest BCUT2D eigenvalue weighted by Crippen LogP contribution is 2.41. The van der Waals surface area contributed by atoms with Crippen LogP contribution < -0.4 is 16.0 Å². The molecule has 7 heteroatoms. The van der Waals surface area contributed by atoms with Crippen molar-refractivity contribution in [1.29, 1.82) is 5.26 Å². The Morgan fingerprint density at radius 2 is 2.07 bits per heavy atom. The van der Waals surface area contributed by atoms with Gasteiger partial charge in [-0.1, -0.05) is 18.2 Å². The van der Waals surface area contributed by atoms with E-state index < -0.39 is 11.7 Å². The van der Waals surface area contributed by atoms with Gasteiger partial charge in [-0.2, -0.15) is 5.26 Å². The molecule has 0 saturated heterocycles. The van der Waals surface area contributed by atoms with Gasteiger partial charge in [0.1, 0.15) is 23.2 Å². The number of nitrogens with two attached hydrogens (primary N) is 1. The van der Waals surface area contributed by atoms with Crippen LogP contribution in [0.1, 0.15) is 22.7 Å². The lowest BCUT2D eigenvalue weighted by atomic mass is 9.83. The number of rotatable bonds is 4. The molecule has 0 aliphatic carbocycles. The first-order valence-electron chi connectivity index (χ1n) is 8.56. The van der Waals surface area contributed by atoms with Crippen molar-refractivity contribution < 1.29 is 9.13 Å². The Morgan fingerprint density at radius 1 is 1.37 bits per heavy atom. The van der Waals surface area contributed by atoms with Crippen molar-refractivity contribution in [2.24, 2.45) is 5.73 Å². The van der Waals surface area contributed by atoms with E-state index in [0.29, 0.717) is 18.8 Å². The molecule has 3 rings (SSSR count). The molecule has 0 spiro atoms. The van der Waals surface area contributed by atoms with Gasteiger partial charge in [0.25, 0.3) is 5.56 Å². The Balaban J connectivity index is 2.26. The summed E-state index contributed by atoms with van der Waals surface area (Å²) in [6.07, 6.45) is 0. The lowest BCUT2D eigenvalue weighted by Gasteiger charge is -2.27. The van der Waals surface area contributed by atoms with Crippen LogP contribution in [0.25, 0.3) is 0 Å². The minimum atomic E-state index is -0.904. The first-order chi connectivity index (χ1) is 12.8. The second-order valence-corrected chi connectivity index (χ2v) is 6.77. The number of aryl methyl sites for hydroxylation is 1. The average molecular weight is 368 g/mol. The van der Waals surface area contributed by atoms with E-state index in [-0.39, 0.29) is 33.9 Å². The maximum absolute atomic E-state index is 14.5. The Morgan fingerprint density at radius 3 is 2.70 bits per heavy atom. The van der Waals surface area contributed by atoms with Crippen molar-refractivity contribution in [3.8, 4) is 11.8 Å². The van der Waals surface area contributed by atoms with Crippen molar-refractivity contribution >= 4 is 0 Å². The zero-order valence-corrected chi connectivity index (χ0v) is 15.5. The molecule has 0 amide bonds. The Kier molecular flexibility index (Phi) is 5.02. The fourth-order valence-corrected chi connectivity index (χ4v) is 3.28. The lowest BCUT2D eigenvalue weighted by Crippen LogP contribution is -2.34. The molecule has 0 fully saturated rings. The normalized spacial score (nSPS) is 16.1. The van der Waals surface area contributed by atoms with E-state index in [9.17, 15) is 14.4 Å². The minimum Gasteiger partial charge on any atom is -0.440 e. The van der Waals surface area contributed by atoms with Crippen LogP contribution in [-0.4, -0.2) is 30.1 Å². The van der Waals surface area contributed by atoms with Crippen LogP contribution >= 0.6 is 0 Å². The molecule has 2 heterocycles. The number of likely N-dealkylation sites (N-methyl/N-ethyl adjacent to an activating group) is 1. The molecule has 27 heavy (non-hydrogen) atoms. The van der Waals surface area contributed by atoms with Crippen LogP contribution in [0.15, 0.2) is 46.6 Å². The van der Waals surface area contributed by atoms with E-state index in [0.717, 1.165) is 0 Å². The molecular formula is C20H21FN4O2. The largest absolute Gasteiger partial charge is 0.440 e. The molecule has 0 bridgehead atoms. The number of ether oxygens (including phenoxy) is 1. The number of allylic oxidation sites excluding steroid dienone is 1. The van der Waals surface area contributed by atoms with Crippen molar-refractivity contribution in [2.75, 3.05) is 20.6 Å². The monoisotopic (exact) mass is 368 g/mol. The van der Waals surface area contributed by atoms with Crippen LogP contribution in [0.3, 0.4) is 0 Å². The van der Waals surface area contributed by atoms with Crippen molar-refractivity contribution in [2.45, 2.75) is 19.4 Å². The van der Waals surface area contributed by atoms with Crippen molar-refractivity contribution in [1.82, 2.24) is 9.47 Å². The molecule has 2 aromatic rings. The molecule has 1 aromatic carbocycles. The summed E-state index contributed by atoms with van der Waals surface area (Å²) in [6.45, 7) is 2.93. The van der Waals surface area contributed by atoms with Crippen molar-refractivity contribution in [3.63, 3.8) is 0 Å². The third-order valence-corrected chi connectivity index (χ3v) is 4.68. The molecule has 0 saturated carbocycles. The predicted octanol–water partition coefficient (Wildman–Crippen LogP) is 2.08. The number of hydrogen-bond donors (Lipinski definition) is 1. The van der Waals surface area contributed by atoms with E-state index in [2.05, 4.69) is 0 Å². The van der Waals surface area contributed by atoms with Crippen LogP contribution in [0, 0.1) is 24.1 Å². The first-order valence-corrected chi connectivity index (χ1v) is 8.56. The highest BCUT2D eigenvalue weighted by atomic mass is 19.1. The average Bonchev–Trinajstić information content (AvgIpc) is 2.60. The van der Waals surface area contributed by atoms with Crippen molar-refractivity contribution in [3.05, 3.63) is 74.8 Å². The van der Waals surface area contributed by atoms with Gasteiger partial charge >= 0.3 is 0 Å². The summed E-state index contributed by atoms with van der Waals surface area (Å²) >= 11 is 0. The third kappa shape index (κ3) is 3.32. The van der Waals surface area contributed by atoms with Gasteiger partial charge in [0.2, 0.25) is 5.88 Å². The summed E-state index contributed by atoms with van der Waals surface area (Å²) in [7, 11) is 3.84. The molecule has 0 radical (unpaired) electrons. The molecule has 1 aliphatic heterocycles. The molecule has 6 nitrogen and oxygen atoms in total. The summed E-state index contributed by atoms with van der Waals surface area (Å²) in [6, 6.07) is 9.78. The smallest absolute Gasteiger partial charge is 0.258 e. The quantitative estimate of drug-likeness (QED) is 0.893. The zero-order valence-electron chi connectivity index (χ0n) is 15.5. The van der Waals surface area contributed by atoms with E-state index in [1.807, 2.05) is 25.1 Å². The fourth-order valence-electron chi connectivity index (χ4n) is 3.28. The van der Waals surface area contributed by atoms with E-state index in [1.165, 1.54) is 6.07 Å². The van der Waals surface area contributed by atoms with Crippen LogP contribution in [0.2, 0.25) is 0 Å². The second-order valence-electron chi connectivity index (χ2n) is 6.77. The minimum absolute atomic E-state index is 0.0349. The van der Waals surface area contributed by atoms with E-state index >= 15 is 0 Å². The maximum Gasteiger partial charge on any atom is 0.258 e. The summed E-state index contributed by atoms with van der Waals surface area (Å²) in [5.74, 6) is -1.25. The summed E-state index contributed by atoms with van der Waals surface area (Å²) in [5.41, 5.74) is 6.81. The number of nitrogens with zero attached hydrogens (tertiary/aromatic N) is 3. The van der Waals surface area contributed by atoms with E-state index in [4.69, 9.17) is 10.5 Å². The number of fused-ring (bicyclic) bond motifs is 1. The number of pyridine rings is 1. The lowest BCUT2D eigenvalue weighted by molar-refractivity contribution is 0.368. The number of hydrogen-bond acceptors (Lipinski definition) is 5. The standard InChI is InChI=1S/C20H21FN4O2/c1-12-10-16-18(20(26)25(12)9-8-24(2)3)17(14(11-22)19(23)27-16)13-6-4-5-7-15(13)21/h4-7,10,17H,8-9,23H2,1-3H3/t17-/m0/s1. The predicted molar refractivity (Wildman–Crippen MR) is 99.7 cm³/mol. The van der Waals surface area contributed by atoms with Gasteiger partial charge in [0, 0.05) is 30.4 Å². The van der Waals surface area contributed by atoms with E-state index in [1.54, 1.807) is 35.8 Å². The summed E-state index contributed by atoms with van der Waals surface area (Å²) < 4.78 is 21.7. The fraction of sp³-hybridized carbons (Fsp3) is 0.300. The first kappa shape index (κ1) is 18.7. The molecule has 1 atom stereocenters. The SMILES string of the molecule is Cc1cc2c(c(=O)n1CCN(C)C)[C@@H](c1ccccc1F)C(C#N)=C(N)O2. The van der Waals surface area contributed by atoms with Gasteiger partial charge in [0.05, 0.1) is 11.5 Å². The van der Waals surface area contributed by atoms with Gasteiger partial charge in [-0.15, -0.1) is 0 Å². The van der Waals surface area contributed by atoms with Gasteiger partial charge in [-0.3, -0.25) is 4.79 Å². The Labute approximate surface area is 156 Å². The molecule has 1 aliphatic rings. The topological polar surface area (TPSA) is 84.3 Å². The molecule has 2 N–H and O–H groups in total. The van der Waals surface area contributed by atoms with Crippen LogP contribution in [0.4, 0.5) is 4.39 Å². The highest BCUT2D eigenvalue weighted by Gasteiger charge is 2.35. The van der Waals surface area contributed by atoms with Gasteiger partial charge in [0.15, 0.2) is 0 Å². The molecule has 1 aromatic heterocycles. The molecular weight excluding hydrogens is 347 g/mol. The summed E-state index contributed by atoms with van der Waals surface area (Å²) in [4.78, 5) is 15.2. The van der Waals surface area contributed by atoms with Gasteiger partial charge in [-0.05, 0) is 27.1 Å². The number of aromatic nitrogens is 1.